The number of carbonyl (C=O) groups excluding carboxylic acids is 1. The fourth-order valence-electron chi connectivity index (χ4n) is 4.76. The number of amides is 1. The molecule has 0 bridgehead atoms. The maximum atomic E-state index is 15.2. The molecular formula is C22H26F4N6O. The first-order valence-corrected chi connectivity index (χ1v) is 11.3. The van der Waals surface area contributed by atoms with Crippen LogP contribution in [0.1, 0.15) is 48.3 Å². The zero-order valence-corrected chi connectivity index (χ0v) is 18.3. The summed E-state index contributed by atoms with van der Waals surface area (Å²) in [5, 5.41) is 0. The smallest absolute Gasteiger partial charge is 0.330 e. The lowest BCUT2D eigenvalue weighted by Gasteiger charge is -2.42. The molecular weight excluding hydrogens is 440 g/mol. The zero-order chi connectivity index (χ0) is 23.4. The van der Waals surface area contributed by atoms with Gasteiger partial charge in [0.15, 0.2) is 0 Å². The third-order valence-corrected chi connectivity index (χ3v) is 7.03. The van der Waals surface area contributed by atoms with E-state index in [-0.39, 0.29) is 43.4 Å². The number of aryl methyl sites for hydroxylation is 1. The molecule has 0 spiro atoms. The Bertz CT molecular complexity index is 1010. The topological polar surface area (TPSA) is 67.2 Å². The van der Waals surface area contributed by atoms with Crippen LogP contribution in [0.3, 0.4) is 0 Å². The van der Waals surface area contributed by atoms with Gasteiger partial charge in [-0.25, -0.2) is 19.3 Å². The van der Waals surface area contributed by atoms with Crippen molar-refractivity contribution in [3.05, 3.63) is 36.2 Å². The van der Waals surface area contributed by atoms with E-state index in [1.54, 1.807) is 26.8 Å². The molecule has 2 aromatic rings. The number of likely N-dealkylation sites (tertiary alicyclic amines) is 1. The first-order chi connectivity index (χ1) is 15.7. The second-order valence-electron chi connectivity index (χ2n) is 9.45. The van der Waals surface area contributed by atoms with E-state index in [4.69, 9.17) is 0 Å². The molecule has 178 valence electrons. The van der Waals surface area contributed by atoms with Gasteiger partial charge in [0, 0.05) is 50.5 Å². The predicted octanol–water partition coefficient (Wildman–Crippen LogP) is 3.33. The van der Waals surface area contributed by atoms with Crippen LogP contribution < -0.4 is 0 Å². The van der Waals surface area contributed by atoms with Crippen LogP contribution in [0.5, 0.6) is 0 Å². The van der Waals surface area contributed by atoms with Crippen molar-refractivity contribution in [2.75, 3.05) is 19.6 Å². The SMILES string of the molecule is Cc1nccn1-c1ncc(C(=O)N(C2CC2)C2CCN(CC3(C(F)(F)F)CC3)CC2F)cn1. The monoisotopic (exact) mass is 466 g/mol. The molecule has 33 heavy (non-hydrogen) atoms. The standard InChI is InChI=1S/C22H26F4N6O/c1-14-27-7-9-31(14)20-28-10-15(11-29-20)19(33)32(16-2-3-16)18-4-8-30(12-17(18)23)13-21(5-6-21)22(24,25)26/h7,9-11,16-18H,2-6,8,12-13H2,1H3. The highest BCUT2D eigenvalue weighted by molar-refractivity contribution is 5.94. The number of hydrogen-bond acceptors (Lipinski definition) is 5. The van der Waals surface area contributed by atoms with Crippen LogP contribution in [0.2, 0.25) is 0 Å². The summed E-state index contributed by atoms with van der Waals surface area (Å²) in [5.74, 6) is 0.760. The fourth-order valence-corrected chi connectivity index (χ4v) is 4.76. The molecule has 1 aliphatic heterocycles. The van der Waals surface area contributed by atoms with E-state index in [9.17, 15) is 18.0 Å². The van der Waals surface area contributed by atoms with E-state index in [0.29, 0.717) is 24.7 Å². The number of hydrogen-bond donors (Lipinski definition) is 0. The van der Waals surface area contributed by atoms with Crippen LogP contribution in [0.25, 0.3) is 5.95 Å². The maximum Gasteiger partial charge on any atom is 0.395 e. The summed E-state index contributed by atoms with van der Waals surface area (Å²) in [7, 11) is 0. The molecule has 0 N–H and O–H groups in total. The summed E-state index contributed by atoms with van der Waals surface area (Å²) in [5.41, 5.74) is -1.41. The Morgan fingerprint density at radius 1 is 1.18 bits per heavy atom. The van der Waals surface area contributed by atoms with Crippen LogP contribution in [-0.4, -0.2) is 79.3 Å². The van der Waals surface area contributed by atoms with Gasteiger partial charge in [0.2, 0.25) is 5.95 Å². The van der Waals surface area contributed by atoms with Gasteiger partial charge >= 0.3 is 6.18 Å². The third-order valence-electron chi connectivity index (χ3n) is 7.03. The summed E-state index contributed by atoms with van der Waals surface area (Å²) >= 11 is 0. The number of alkyl halides is 4. The summed E-state index contributed by atoms with van der Waals surface area (Å²) in [6, 6.07) is -0.703. The number of aromatic nitrogens is 4. The van der Waals surface area contributed by atoms with Crippen molar-refractivity contribution in [3.8, 4) is 5.95 Å². The lowest BCUT2D eigenvalue weighted by Crippen LogP contribution is -2.56. The van der Waals surface area contributed by atoms with Gasteiger partial charge in [-0.3, -0.25) is 14.3 Å². The highest BCUT2D eigenvalue weighted by atomic mass is 19.4. The van der Waals surface area contributed by atoms with Crippen molar-refractivity contribution in [2.24, 2.45) is 5.41 Å². The predicted molar refractivity (Wildman–Crippen MR) is 111 cm³/mol. The molecule has 2 unspecified atom stereocenters. The Morgan fingerprint density at radius 3 is 2.39 bits per heavy atom. The number of nitrogens with zero attached hydrogens (tertiary/aromatic N) is 6. The van der Waals surface area contributed by atoms with Crippen molar-refractivity contribution in [1.82, 2.24) is 29.3 Å². The van der Waals surface area contributed by atoms with E-state index in [2.05, 4.69) is 15.0 Å². The molecule has 1 amide bonds. The number of imidazole rings is 1. The number of rotatable bonds is 6. The van der Waals surface area contributed by atoms with Crippen LogP contribution in [0, 0.1) is 12.3 Å². The third kappa shape index (κ3) is 4.22. The van der Waals surface area contributed by atoms with Gasteiger partial charge in [0.25, 0.3) is 5.91 Å². The van der Waals surface area contributed by atoms with Crippen LogP contribution in [-0.2, 0) is 0 Å². The van der Waals surface area contributed by atoms with E-state index in [1.807, 2.05) is 6.92 Å². The molecule has 5 rings (SSSR count). The minimum atomic E-state index is -4.26. The molecule has 2 aromatic heterocycles. The lowest BCUT2D eigenvalue weighted by atomic mass is 9.97. The van der Waals surface area contributed by atoms with Crippen molar-refractivity contribution >= 4 is 5.91 Å². The fraction of sp³-hybridized carbons (Fsp3) is 0.636. The van der Waals surface area contributed by atoms with Crippen LogP contribution in [0.4, 0.5) is 17.6 Å². The van der Waals surface area contributed by atoms with Gasteiger partial charge in [-0.05, 0) is 39.0 Å². The van der Waals surface area contributed by atoms with Gasteiger partial charge < -0.3 is 4.90 Å². The molecule has 7 nitrogen and oxygen atoms in total. The molecule has 11 heteroatoms. The van der Waals surface area contributed by atoms with E-state index in [0.717, 1.165) is 12.8 Å². The molecule has 2 aliphatic carbocycles. The first kappa shape index (κ1) is 22.2. The van der Waals surface area contributed by atoms with E-state index < -0.39 is 23.8 Å². The highest BCUT2D eigenvalue weighted by Gasteiger charge is 2.63. The van der Waals surface area contributed by atoms with Crippen LogP contribution >= 0.6 is 0 Å². The van der Waals surface area contributed by atoms with Gasteiger partial charge in [-0.15, -0.1) is 0 Å². The van der Waals surface area contributed by atoms with E-state index >= 15 is 4.39 Å². The largest absolute Gasteiger partial charge is 0.395 e. The quantitative estimate of drug-likeness (QED) is 0.611. The number of carbonyl (C=O) groups is 1. The van der Waals surface area contributed by atoms with Gasteiger partial charge in [0.05, 0.1) is 17.0 Å². The van der Waals surface area contributed by atoms with Crippen LogP contribution in [0.15, 0.2) is 24.8 Å². The molecule has 2 saturated carbocycles. The molecule has 3 fully saturated rings. The average Bonchev–Trinajstić information content (AvgIpc) is 3.69. The van der Waals surface area contributed by atoms with Crippen molar-refractivity contribution in [3.63, 3.8) is 0 Å². The minimum absolute atomic E-state index is 0.0483. The first-order valence-electron chi connectivity index (χ1n) is 11.3. The minimum Gasteiger partial charge on any atom is -0.330 e. The molecule has 1 saturated heterocycles. The lowest BCUT2D eigenvalue weighted by molar-refractivity contribution is -0.193. The van der Waals surface area contributed by atoms with Gasteiger partial charge in [0.1, 0.15) is 12.0 Å². The average molecular weight is 466 g/mol. The molecule has 3 aliphatic rings. The normalized spacial score (nSPS) is 25.1. The Kier molecular flexibility index (Phi) is 5.42. The molecule has 0 aromatic carbocycles. The van der Waals surface area contributed by atoms with Gasteiger partial charge in [-0.1, -0.05) is 0 Å². The summed E-state index contributed by atoms with van der Waals surface area (Å²) in [6.45, 7) is 1.90. The Labute approximate surface area is 188 Å². The summed E-state index contributed by atoms with van der Waals surface area (Å²) < 4.78 is 56.9. The molecule has 3 heterocycles. The van der Waals surface area contributed by atoms with Crippen molar-refractivity contribution in [2.45, 2.75) is 63.5 Å². The zero-order valence-electron chi connectivity index (χ0n) is 18.3. The molecule has 0 radical (unpaired) electrons. The van der Waals surface area contributed by atoms with E-state index in [1.165, 1.54) is 12.4 Å². The van der Waals surface area contributed by atoms with Crippen molar-refractivity contribution in [1.29, 1.82) is 0 Å². The van der Waals surface area contributed by atoms with Gasteiger partial charge in [-0.2, -0.15) is 13.2 Å². The number of piperidine rings is 1. The molecule has 2 atom stereocenters. The van der Waals surface area contributed by atoms with Crippen molar-refractivity contribution < 1.29 is 22.4 Å². The second kappa shape index (κ2) is 8.03. The Morgan fingerprint density at radius 2 is 1.88 bits per heavy atom. The summed E-state index contributed by atoms with van der Waals surface area (Å²) in [6.07, 6.45) is 2.66. The Balaban J connectivity index is 1.27. The summed E-state index contributed by atoms with van der Waals surface area (Å²) in [4.78, 5) is 29.1. The number of halogens is 4. The highest BCUT2D eigenvalue weighted by Crippen LogP contribution is 2.58. The second-order valence-corrected chi connectivity index (χ2v) is 9.45. The Hall–Kier alpha value is -2.56. The maximum absolute atomic E-state index is 15.2.